The number of rotatable bonds is 16. The number of ether oxygens (including phenoxy) is 2. The highest BCUT2D eigenvalue weighted by molar-refractivity contribution is 5.82. The highest BCUT2D eigenvalue weighted by atomic mass is 16.5. The number of aromatic amines is 1. The summed E-state index contributed by atoms with van der Waals surface area (Å²) in [7, 11) is 6.39. The number of aryl methyl sites for hydroxylation is 1. The number of hydrogen-bond acceptors (Lipinski definition) is 10. The van der Waals surface area contributed by atoms with Gasteiger partial charge in [0.15, 0.2) is 11.5 Å². The molecular weight excluding hydrogens is 556 g/mol. The highest BCUT2D eigenvalue weighted by Crippen LogP contribution is 2.18. The normalized spacial score (nSPS) is 11.1. The van der Waals surface area contributed by atoms with Gasteiger partial charge in [-0.1, -0.05) is 37.6 Å². The van der Waals surface area contributed by atoms with E-state index in [0.717, 1.165) is 24.0 Å². The van der Waals surface area contributed by atoms with Gasteiger partial charge >= 0.3 is 17.7 Å². The number of methoxy groups -OCH3 is 1. The van der Waals surface area contributed by atoms with E-state index in [9.17, 15) is 19.2 Å². The van der Waals surface area contributed by atoms with Gasteiger partial charge in [0, 0.05) is 33.7 Å². The van der Waals surface area contributed by atoms with Crippen molar-refractivity contribution in [3.63, 3.8) is 0 Å². The van der Waals surface area contributed by atoms with E-state index in [-0.39, 0.29) is 61.4 Å². The Labute approximate surface area is 250 Å². The molecule has 0 bridgehead atoms. The smallest absolute Gasteiger partial charge is 0.327 e. The number of unbranched alkanes of at least 4 members (excludes halogenated alkanes) is 1. The summed E-state index contributed by atoms with van der Waals surface area (Å²) in [5.41, 5.74) is 8.02. The van der Waals surface area contributed by atoms with E-state index in [2.05, 4.69) is 15.0 Å². The molecule has 0 unspecified atom stereocenters. The fraction of sp³-hybridized carbons (Fsp3) is 0.517. The van der Waals surface area contributed by atoms with E-state index < -0.39 is 0 Å². The number of benzene rings is 1. The van der Waals surface area contributed by atoms with E-state index >= 15 is 0 Å². The van der Waals surface area contributed by atoms with E-state index in [4.69, 9.17) is 15.2 Å². The van der Waals surface area contributed by atoms with Gasteiger partial charge in [-0.2, -0.15) is 9.97 Å². The number of H-pyrrole nitrogens is 1. The number of esters is 1. The first-order chi connectivity index (χ1) is 20.5. The van der Waals surface area contributed by atoms with Gasteiger partial charge in [0.2, 0.25) is 11.8 Å². The largest absolute Gasteiger partial charge is 0.469 e. The summed E-state index contributed by atoms with van der Waals surface area (Å²) in [6, 6.07) is 7.48. The number of nitrogen functional groups attached to an aromatic ring is 1. The Bertz CT molecular complexity index is 1450. The highest BCUT2D eigenvalue weighted by Gasteiger charge is 2.20. The molecule has 3 N–H and O–H groups in total. The molecule has 0 fully saturated rings. The van der Waals surface area contributed by atoms with Gasteiger partial charge in [-0.05, 0) is 31.0 Å². The van der Waals surface area contributed by atoms with Gasteiger partial charge in [0.25, 0.3) is 0 Å². The van der Waals surface area contributed by atoms with Crippen molar-refractivity contribution in [3.8, 4) is 6.01 Å². The Balaban J connectivity index is 1.76. The van der Waals surface area contributed by atoms with Crippen LogP contribution in [0.15, 0.2) is 29.1 Å². The molecule has 0 aliphatic heterocycles. The fourth-order valence-electron chi connectivity index (χ4n) is 4.30. The Morgan fingerprint density at radius 3 is 2.33 bits per heavy atom. The minimum atomic E-state index is -0.386. The summed E-state index contributed by atoms with van der Waals surface area (Å²) in [6.45, 7) is 3.52. The number of nitrogens with one attached hydrogen (secondary N) is 1. The molecule has 14 heteroatoms. The van der Waals surface area contributed by atoms with Crippen molar-refractivity contribution in [1.82, 2.24) is 34.2 Å². The Kier molecular flexibility index (Phi) is 12.0. The predicted molar refractivity (Wildman–Crippen MR) is 161 cm³/mol. The fourth-order valence-corrected chi connectivity index (χ4v) is 4.30. The number of aromatic nitrogens is 4. The van der Waals surface area contributed by atoms with Gasteiger partial charge in [-0.25, -0.2) is 4.79 Å². The van der Waals surface area contributed by atoms with Crippen LogP contribution in [0.25, 0.3) is 11.2 Å². The number of anilines is 1. The Hall–Kier alpha value is -4.46. The van der Waals surface area contributed by atoms with Crippen molar-refractivity contribution >= 4 is 34.8 Å². The maximum Gasteiger partial charge on any atom is 0.327 e. The van der Waals surface area contributed by atoms with Crippen LogP contribution in [0, 0.1) is 0 Å². The summed E-state index contributed by atoms with van der Waals surface area (Å²) in [5, 5.41) is 0. The summed E-state index contributed by atoms with van der Waals surface area (Å²) in [5.74, 6) is -0.493. The molecule has 2 aromatic heterocycles. The standard InChI is InChI=1S/C29H42N8O6/c1-6-7-15-43-28-32-26(30)25-27(33-28)37(29(41)31-25)14-8-13-36(23(39)19-35(4)18-22(38)34(2)3)17-21-11-9-20(10-12-21)16-24(40)42-5/h9-12H,6-8,13-19H2,1-5H3,(H,31,41)(H2,30,32,33). The molecule has 0 saturated carbocycles. The number of amides is 2. The molecule has 2 heterocycles. The van der Waals surface area contributed by atoms with Crippen LogP contribution in [0.4, 0.5) is 5.82 Å². The van der Waals surface area contributed by atoms with E-state index in [1.807, 2.05) is 31.2 Å². The first-order valence-corrected chi connectivity index (χ1v) is 14.2. The number of hydrogen-bond donors (Lipinski definition) is 2. The summed E-state index contributed by atoms with van der Waals surface area (Å²) < 4.78 is 11.8. The van der Waals surface area contributed by atoms with Crippen LogP contribution < -0.4 is 16.2 Å². The molecule has 0 saturated heterocycles. The van der Waals surface area contributed by atoms with Gasteiger partial charge in [-0.3, -0.25) is 23.9 Å². The number of carbonyl (C=O) groups excluding carboxylic acids is 3. The van der Waals surface area contributed by atoms with Crippen molar-refractivity contribution in [2.45, 2.75) is 45.7 Å². The van der Waals surface area contributed by atoms with Gasteiger partial charge < -0.3 is 30.0 Å². The molecule has 3 rings (SSSR count). The third kappa shape index (κ3) is 9.53. The van der Waals surface area contributed by atoms with Crippen LogP contribution in [0.2, 0.25) is 0 Å². The van der Waals surface area contributed by atoms with Crippen LogP contribution >= 0.6 is 0 Å². The summed E-state index contributed by atoms with van der Waals surface area (Å²) in [4.78, 5) is 66.1. The average molecular weight is 599 g/mol. The lowest BCUT2D eigenvalue weighted by molar-refractivity contribution is -0.140. The lowest BCUT2D eigenvalue weighted by atomic mass is 10.1. The zero-order valence-corrected chi connectivity index (χ0v) is 25.6. The molecule has 234 valence electrons. The number of nitrogens with zero attached hydrogens (tertiary/aromatic N) is 6. The molecular formula is C29H42N8O6. The average Bonchev–Trinajstić information content (AvgIpc) is 3.28. The number of fused-ring (bicyclic) bond motifs is 1. The molecule has 0 aliphatic carbocycles. The quantitative estimate of drug-likeness (QED) is 0.179. The lowest BCUT2D eigenvalue weighted by Gasteiger charge is -2.26. The number of likely N-dealkylation sites (N-methyl/N-ethyl adjacent to an activating group) is 2. The Morgan fingerprint density at radius 1 is 1.00 bits per heavy atom. The van der Waals surface area contributed by atoms with E-state index in [1.165, 1.54) is 16.6 Å². The topological polar surface area (TPSA) is 169 Å². The SMILES string of the molecule is CCCCOc1nc(N)c2[nH]c(=O)n(CCCN(Cc3ccc(CC(=O)OC)cc3)C(=O)CN(C)CC(=O)N(C)C)c2n1. The van der Waals surface area contributed by atoms with Crippen LogP contribution in [-0.4, -0.2) is 106 Å². The minimum absolute atomic E-state index is 0.0370. The number of nitrogens with two attached hydrogens (primary N) is 1. The van der Waals surface area contributed by atoms with E-state index in [0.29, 0.717) is 37.3 Å². The van der Waals surface area contributed by atoms with Gasteiger partial charge in [0.05, 0.1) is 33.2 Å². The summed E-state index contributed by atoms with van der Waals surface area (Å²) >= 11 is 0. The monoisotopic (exact) mass is 598 g/mol. The molecule has 43 heavy (non-hydrogen) atoms. The predicted octanol–water partition coefficient (Wildman–Crippen LogP) is 1.04. The molecule has 1 aromatic carbocycles. The Morgan fingerprint density at radius 2 is 1.67 bits per heavy atom. The second-order valence-electron chi connectivity index (χ2n) is 10.6. The molecule has 2 amide bonds. The molecule has 0 radical (unpaired) electrons. The zero-order chi connectivity index (χ0) is 31.5. The molecule has 0 atom stereocenters. The molecule has 0 spiro atoms. The van der Waals surface area contributed by atoms with Crippen molar-refractivity contribution < 1.29 is 23.9 Å². The van der Waals surface area contributed by atoms with Gasteiger partial charge in [-0.15, -0.1) is 0 Å². The zero-order valence-electron chi connectivity index (χ0n) is 25.6. The van der Waals surface area contributed by atoms with Crippen molar-refractivity contribution in [2.75, 3.05) is 60.2 Å². The third-order valence-corrected chi connectivity index (χ3v) is 6.80. The van der Waals surface area contributed by atoms with E-state index in [1.54, 1.807) is 30.9 Å². The maximum atomic E-state index is 13.4. The summed E-state index contributed by atoms with van der Waals surface area (Å²) in [6.07, 6.45) is 2.37. The first kappa shape index (κ1) is 33.0. The minimum Gasteiger partial charge on any atom is -0.469 e. The molecule has 14 nitrogen and oxygen atoms in total. The molecule has 3 aromatic rings. The second-order valence-corrected chi connectivity index (χ2v) is 10.6. The number of imidazole rings is 1. The maximum absolute atomic E-state index is 13.4. The van der Waals surface area contributed by atoms with Crippen LogP contribution in [0.5, 0.6) is 6.01 Å². The van der Waals surface area contributed by atoms with Crippen molar-refractivity contribution in [3.05, 3.63) is 45.9 Å². The molecule has 0 aliphatic rings. The van der Waals surface area contributed by atoms with Gasteiger partial charge in [0.1, 0.15) is 5.52 Å². The van der Waals surface area contributed by atoms with Crippen molar-refractivity contribution in [2.24, 2.45) is 0 Å². The van der Waals surface area contributed by atoms with Crippen LogP contribution in [0.3, 0.4) is 0 Å². The van der Waals surface area contributed by atoms with Crippen LogP contribution in [-0.2, 0) is 38.6 Å². The third-order valence-electron chi connectivity index (χ3n) is 6.80. The van der Waals surface area contributed by atoms with Crippen LogP contribution in [0.1, 0.15) is 37.3 Å². The first-order valence-electron chi connectivity index (χ1n) is 14.2. The second kappa shape index (κ2) is 15.7. The number of carbonyl (C=O) groups is 3. The lowest BCUT2D eigenvalue weighted by Crippen LogP contribution is -2.42. The van der Waals surface area contributed by atoms with Crippen molar-refractivity contribution in [1.29, 1.82) is 0 Å².